The predicted molar refractivity (Wildman–Crippen MR) is 97.4 cm³/mol. The van der Waals surface area contributed by atoms with Crippen LogP contribution in [0.4, 0.5) is 26.0 Å². The minimum absolute atomic E-state index is 0.00416. The fraction of sp³-hybridized carbons (Fsp3) is 0.0526. The zero-order valence-corrected chi connectivity index (χ0v) is 14.6. The number of hydrogen-bond acceptors (Lipinski definition) is 6. The molecule has 7 nitrogen and oxygen atoms in total. The summed E-state index contributed by atoms with van der Waals surface area (Å²) in [6.45, 7) is 0. The van der Waals surface area contributed by atoms with E-state index in [1.54, 1.807) is 18.2 Å². The van der Waals surface area contributed by atoms with Gasteiger partial charge >= 0.3 is 5.97 Å². The van der Waals surface area contributed by atoms with E-state index in [-0.39, 0.29) is 28.5 Å². The fourth-order valence-corrected chi connectivity index (χ4v) is 2.30. The number of ether oxygens (including phenoxy) is 1. The number of esters is 1. The Hall–Kier alpha value is -3.88. The number of amides is 1. The number of carbonyl (C=O) groups excluding carboxylic acids is 2. The van der Waals surface area contributed by atoms with Crippen LogP contribution < -0.4 is 10.6 Å². The molecule has 0 atom stereocenters. The van der Waals surface area contributed by atoms with Crippen molar-refractivity contribution in [3.05, 3.63) is 77.8 Å². The van der Waals surface area contributed by atoms with Crippen molar-refractivity contribution >= 4 is 29.1 Å². The SMILES string of the molecule is COC(=O)c1ccccc1NC(=O)c1cnc(Nc2ccc(F)c(F)c2)cn1. The van der Waals surface area contributed by atoms with Crippen LogP contribution in [0.2, 0.25) is 0 Å². The molecule has 0 unspecified atom stereocenters. The Kier molecular flexibility index (Phi) is 5.54. The number of carbonyl (C=O) groups is 2. The Morgan fingerprint density at radius 2 is 1.79 bits per heavy atom. The van der Waals surface area contributed by atoms with Gasteiger partial charge in [-0.3, -0.25) is 4.79 Å². The fourth-order valence-electron chi connectivity index (χ4n) is 2.30. The number of rotatable bonds is 5. The normalized spacial score (nSPS) is 10.2. The molecule has 142 valence electrons. The molecule has 2 N–H and O–H groups in total. The highest BCUT2D eigenvalue weighted by atomic mass is 19.2. The van der Waals surface area contributed by atoms with Gasteiger partial charge in [0.1, 0.15) is 11.5 Å². The van der Waals surface area contributed by atoms with Crippen LogP contribution >= 0.6 is 0 Å². The molecule has 0 saturated carbocycles. The lowest BCUT2D eigenvalue weighted by atomic mass is 10.1. The maximum Gasteiger partial charge on any atom is 0.339 e. The monoisotopic (exact) mass is 384 g/mol. The van der Waals surface area contributed by atoms with Crippen molar-refractivity contribution < 1.29 is 23.1 Å². The van der Waals surface area contributed by atoms with Crippen molar-refractivity contribution in [3.63, 3.8) is 0 Å². The minimum atomic E-state index is -1.00. The molecule has 1 heterocycles. The number of benzene rings is 2. The highest BCUT2D eigenvalue weighted by Crippen LogP contribution is 2.18. The summed E-state index contributed by atoms with van der Waals surface area (Å²) < 4.78 is 30.9. The summed E-state index contributed by atoms with van der Waals surface area (Å²) >= 11 is 0. The number of hydrogen-bond donors (Lipinski definition) is 2. The number of methoxy groups -OCH3 is 1. The highest BCUT2D eigenvalue weighted by molar-refractivity contribution is 6.06. The van der Waals surface area contributed by atoms with Crippen LogP contribution in [0.25, 0.3) is 0 Å². The summed E-state index contributed by atoms with van der Waals surface area (Å²) in [7, 11) is 1.24. The van der Waals surface area contributed by atoms with Crippen LogP contribution in [-0.4, -0.2) is 29.0 Å². The van der Waals surface area contributed by atoms with E-state index in [2.05, 4.69) is 25.3 Å². The second kappa shape index (κ2) is 8.21. The number of halogens is 2. The van der Waals surface area contributed by atoms with Gasteiger partial charge in [0.25, 0.3) is 5.91 Å². The summed E-state index contributed by atoms with van der Waals surface area (Å²) in [5.41, 5.74) is 0.737. The van der Waals surface area contributed by atoms with E-state index < -0.39 is 23.5 Å². The summed E-state index contributed by atoms with van der Waals surface area (Å²) in [5.74, 6) is -2.90. The van der Waals surface area contributed by atoms with Gasteiger partial charge in [-0.25, -0.2) is 23.5 Å². The summed E-state index contributed by atoms with van der Waals surface area (Å²) in [5, 5.41) is 5.32. The summed E-state index contributed by atoms with van der Waals surface area (Å²) in [6.07, 6.45) is 2.47. The Balaban J connectivity index is 1.72. The van der Waals surface area contributed by atoms with Gasteiger partial charge < -0.3 is 15.4 Å². The second-order valence-electron chi connectivity index (χ2n) is 5.53. The van der Waals surface area contributed by atoms with Crippen molar-refractivity contribution in [1.29, 1.82) is 0 Å². The number of anilines is 3. The summed E-state index contributed by atoms with van der Waals surface area (Å²) in [6, 6.07) is 9.65. The molecule has 0 bridgehead atoms. The number of nitrogens with one attached hydrogen (secondary N) is 2. The van der Waals surface area contributed by atoms with Gasteiger partial charge in [-0.05, 0) is 24.3 Å². The first-order valence-electron chi connectivity index (χ1n) is 8.00. The number of nitrogens with zero attached hydrogens (tertiary/aromatic N) is 2. The molecule has 2 aromatic carbocycles. The lowest BCUT2D eigenvalue weighted by Gasteiger charge is -2.09. The molecular weight excluding hydrogens is 370 g/mol. The maximum absolute atomic E-state index is 13.2. The second-order valence-corrected chi connectivity index (χ2v) is 5.53. The molecule has 0 aliphatic rings. The first kappa shape index (κ1) is 18.9. The highest BCUT2D eigenvalue weighted by Gasteiger charge is 2.15. The number of para-hydroxylation sites is 1. The Morgan fingerprint density at radius 1 is 1.00 bits per heavy atom. The van der Waals surface area contributed by atoms with E-state index in [1.165, 1.54) is 31.6 Å². The first-order chi connectivity index (χ1) is 13.5. The van der Waals surface area contributed by atoms with Gasteiger partial charge in [0.15, 0.2) is 11.6 Å². The molecule has 0 spiro atoms. The molecule has 3 rings (SSSR count). The number of aromatic nitrogens is 2. The quantitative estimate of drug-likeness (QED) is 0.654. The minimum Gasteiger partial charge on any atom is -0.465 e. The molecule has 0 aliphatic heterocycles. The molecule has 0 aliphatic carbocycles. The first-order valence-corrected chi connectivity index (χ1v) is 8.00. The van der Waals surface area contributed by atoms with Crippen molar-refractivity contribution in [2.45, 2.75) is 0 Å². The molecule has 0 saturated heterocycles. The van der Waals surface area contributed by atoms with Crippen LogP contribution in [0.15, 0.2) is 54.9 Å². The van der Waals surface area contributed by atoms with Crippen LogP contribution in [0.3, 0.4) is 0 Å². The Bertz CT molecular complexity index is 1030. The third kappa shape index (κ3) is 4.26. The average molecular weight is 384 g/mol. The molecule has 1 aromatic heterocycles. The van der Waals surface area contributed by atoms with Crippen molar-refractivity contribution in [3.8, 4) is 0 Å². The smallest absolute Gasteiger partial charge is 0.339 e. The van der Waals surface area contributed by atoms with E-state index in [0.717, 1.165) is 12.1 Å². The van der Waals surface area contributed by atoms with Gasteiger partial charge in [-0.1, -0.05) is 12.1 Å². The molecule has 1 amide bonds. The topological polar surface area (TPSA) is 93.2 Å². The lowest BCUT2D eigenvalue weighted by Crippen LogP contribution is -2.17. The van der Waals surface area contributed by atoms with Gasteiger partial charge in [-0.15, -0.1) is 0 Å². The maximum atomic E-state index is 13.2. The van der Waals surface area contributed by atoms with Gasteiger partial charge in [-0.2, -0.15) is 0 Å². The van der Waals surface area contributed by atoms with Gasteiger partial charge in [0.2, 0.25) is 0 Å². The standard InChI is InChI=1S/C19H14F2N4O3/c1-28-19(27)12-4-2-3-5-15(12)25-18(26)16-9-23-17(10-22-16)24-11-6-7-13(20)14(21)8-11/h2-10H,1H3,(H,23,24)(H,25,26). The molecular formula is C19H14F2N4O3. The van der Waals surface area contributed by atoms with Crippen LogP contribution in [0, 0.1) is 11.6 Å². The third-order valence-corrected chi connectivity index (χ3v) is 3.66. The molecule has 0 fully saturated rings. The Labute approximate surface area is 158 Å². The van der Waals surface area contributed by atoms with Crippen LogP contribution in [-0.2, 0) is 4.74 Å². The van der Waals surface area contributed by atoms with E-state index in [9.17, 15) is 18.4 Å². The third-order valence-electron chi connectivity index (χ3n) is 3.66. The summed E-state index contributed by atoms with van der Waals surface area (Å²) in [4.78, 5) is 32.1. The van der Waals surface area contributed by atoms with Crippen molar-refractivity contribution in [1.82, 2.24) is 9.97 Å². The van der Waals surface area contributed by atoms with E-state index in [1.807, 2.05) is 0 Å². The molecule has 28 heavy (non-hydrogen) atoms. The molecule has 9 heteroatoms. The van der Waals surface area contributed by atoms with Crippen molar-refractivity contribution in [2.75, 3.05) is 17.7 Å². The van der Waals surface area contributed by atoms with E-state index in [4.69, 9.17) is 0 Å². The van der Waals surface area contributed by atoms with Crippen LogP contribution in [0.5, 0.6) is 0 Å². The largest absolute Gasteiger partial charge is 0.465 e. The molecule has 0 radical (unpaired) electrons. The zero-order valence-electron chi connectivity index (χ0n) is 14.6. The Morgan fingerprint density at radius 3 is 2.46 bits per heavy atom. The zero-order chi connectivity index (χ0) is 20.1. The average Bonchev–Trinajstić information content (AvgIpc) is 2.71. The van der Waals surface area contributed by atoms with Crippen molar-refractivity contribution in [2.24, 2.45) is 0 Å². The van der Waals surface area contributed by atoms with E-state index >= 15 is 0 Å². The molecule has 3 aromatic rings. The van der Waals surface area contributed by atoms with Crippen LogP contribution in [0.1, 0.15) is 20.8 Å². The predicted octanol–water partition coefficient (Wildman–Crippen LogP) is 3.54. The van der Waals surface area contributed by atoms with Gasteiger partial charge in [0.05, 0.1) is 30.8 Å². The lowest BCUT2D eigenvalue weighted by molar-refractivity contribution is 0.0602. The van der Waals surface area contributed by atoms with E-state index in [0.29, 0.717) is 0 Å². The van der Waals surface area contributed by atoms with Gasteiger partial charge in [0, 0.05) is 11.8 Å².